The van der Waals surface area contributed by atoms with E-state index in [-0.39, 0.29) is 17.5 Å². The van der Waals surface area contributed by atoms with E-state index in [9.17, 15) is 60.3 Å². The van der Waals surface area contributed by atoms with Crippen LogP contribution < -0.4 is 15.5 Å². The number of anilines is 1. The number of fused-ring (bicyclic) bond motifs is 2. The second-order valence-corrected chi connectivity index (χ2v) is 19.2. The number of nitrogens with zero attached hydrogens (tertiary/aromatic N) is 2. The van der Waals surface area contributed by atoms with Gasteiger partial charge in [0.2, 0.25) is 0 Å². The van der Waals surface area contributed by atoms with E-state index in [2.05, 4.69) is 15.5 Å². The first-order valence-corrected chi connectivity index (χ1v) is 23.5. The topological polar surface area (TPSA) is 313 Å². The lowest BCUT2D eigenvalue weighted by Gasteiger charge is -2.27. The summed E-state index contributed by atoms with van der Waals surface area (Å²) < 4.78 is 0. The van der Waals surface area contributed by atoms with Gasteiger partial charge in [0.25, 0.3) is 11.8 Å². The highest BCUT2D eigenvalue weighted by atomic mass is 35.5. The first-order chi connectivity index (χ1) is 32.5. The molecule has 8 atom stereocenters. The standard InChI is InChI=1S/C50H67ClN4O14/c1-49(2)31-21-29(47(68)52-23-35(58)43(64)45(66)37(60)25-56)12-16-33(31)54-39(49)18-14-27-9-8-10-28(42(27)51)15-19-40-50(3,4)32-22-30(13-17-34(32)55(40)20-7-5-6-11-41(62)63)48(69)53-24-36(59)44(65)46(67)38(61)26-57/h12-19,21-22,35-38,43-46,56-61,64-67H,5-11,20,23-26H2,1-4H3,(H,52,68)(H,53,69)(H,62,63)/b18-14+,28-15+,40-19+. The summed E-state index contributed by atoms with van der Waals surface area (Å²) in [6.07, 6.45) is -1.75. The molecule has 2 aliphatic heterocycles. The SMILES string of the molecule is CC1(C)C(/C=C/C2=C(Cl)C(=C/C=C3/N(CCCCCC(=O)O)c4ccc(C(=O)NCC(O)C(O)C(O)C(O)CO)cc4C3(C)C)/CCC2)=Nc2ccc(C(=O)NCC(O)C(O)C(O)C(O)CO)cc21. The third-order valence-corrected chi connectivity index (χ3v) is 13.7. The van der Waals surface area contributed by atoms with Gasteiger partial charge in [-0.3, -0.25) is 19.4 Å². The number of aliphatic hydroxyl groups is 10. The average Bonchev–Trinajstić information content (AvgIpc) is 3.71. The number of aliphatic hydroxyl groups excluding tert-OH is 10. The molecular formula is C50H67ClN4O14. The molecule has 19 heteroatoms. The van der Waals surface area contributed by atoms with Crippen LogP contribution in [0.2, 0.25) is 0 Å². The molecule has 5 rings (SSSR count). The predicted molar refractivity (Wildman–Crippen MR) is 258 cm³/mol. The van der Waals surface area contributed by atoms with Crippen molar-refractivity contribution in [3.63, 3.8) is 0 Å². The highest BCUT2D eigenvalue weighted by Gasteiger charge is 2.41. The van der Waals surface area contributed by atoms with Crippen LogP contribution in [0.3, 0.4) is 0 Å². The van der Waals surface area contributed by atoms with E-state index in [4.69, 9.17) is 26.8 Å². The highest BCUT2D eigenvalue weighted by Crippen LogP contribution is 2.49. The third kappa shape index (κ3) is 12.9. The van der Waals surface area contributed by atoms with Crippen LogP contribution in [-0.2, 0) is 15.6 Å². The number of amides is 2. The number of carboxylic acids is 1. The van der Waals surface area contributed by atoms with Crippen LogP contribution in [0, 0.1) is 0 Å². The van der Waals surface area contributed by atoms with Gasteiger partial charge in [0, 0.05) is 64.4 Å². The number of allylic oxidation sites excluding steroid dienone is 8. The van der Waals surface area contributed by atoms with Gasteiger partial charge in [0.1, 0.15) is 36.6 Å². The van der Waals surface area contributed by atoms with Crippen molar-refractivity contribution in [3.05, 3.63) is 105 Å². The van der Waals surface area contributed by atoms with Crippen molar-refractivity contribution < 1.29 is 70.6 Å². The van der Waals surface area contributed by atoms with Crippen molar-refractivity contribution >= 4 is 46.5 Å². The maximum absolute atomic E-state index is 13.3. The molecule has 0 bridgehead atoms. The smallest absolute Gasteiger partial charge is 0.303 e. The molecule has 0 spiro atoms. The van der Waals surface area contributed by atoms with Gasteiger partial charge in [0.15, 0.2) is 0 Å². The molecule has 378 valence electrons. The molecule has 18 nitrogen and oxygen atoms in total. The monoisotopic (exact) mass is 982 g/mol. The number of hydrogen-bond donors (Lipinski definition) is 13. The lowest BCUT2D eigenvalue weighted by molar-refractivity contribution is -0.137. The molecule has 3 aliphatic rings. The quantitative estimate of drug-likeness (QED) is 0.0708. The summed E-state index contributed by atoms with van der Waals surface area (Å²) in [6.45, 7) is 6.09. The molecule has 69 heavy (non-hydrogen) atoms. The van der Waals surface area contributed by atoms with E-state index in [0.717, 1.165) is 52.2 Å². The zero-order chi connectivity index (χ0) is 51.0. The molecule has 0 saturated heterocycles. The highest BCUT2D eigenvalue weighted by molar-refractivity contribution is 6.32. The van der Waals surface area contributed by atoms with Crippen LogP contribution in [-0.4, -0.2) is 161 Å². The van der Waals surface area contributed by atoms with E-state index in [0.29, 0.717) is 42.9 Å². The van der Waals surface area contributed by atoms with E-state index in [1.165, 1.54) is 0 Å². The number of rotatable bonds is 23. The lowest BCUT2D eigenvalue weighted by atomic mass is 9.80. The number of carboxylic acid groups (broad SMARTS) is 1. The van der Waals surface area contributed by atoms with Gasteiger partial charge in [-0.1, -0.05) is 57.9 Å². The molecule has 0 radical (unpaired) electrons. The summed E-state index contributed by atoms with van der Waals surface area (Å²) in [6, 6.07) is 10.3. The molecule has 2 aromatic carbocycles. The Morgan fingerprint density at radius 1 is 0.710 bits per heavy atom. The summed E-state index contributed by atoms with van der Waals surface area (Å²) in [7, 11) is 0. The second kappa shape index (κ2) is 23.9. The number of nitrogens with one attached hydrogen (secondary N) is 2. The molecule has 13 N–H and O–H groups in total. The summed E-state index contributed by atoms with van der Waals surface area (Å²) in [4.78, 5) is 44.7. The summed E-state index contributed by atoms with van der Waals surface area (Å²) in [5.41, 5.74) is 6.00. The van der Waals surface area contributed by atoms with Crippen LogP contribution in [0.15, 0.2) is 87.6 Å². The van der Waals surface area contributed by atoms with E-state index < -0.39 is 104 Å². The molecule has 0 fully saturated rings. The Morgan fingerprint density at radius 3 is 1.83 bits per heavy atom. The van der Waals surface area contributed by atoms with Crippen molar-refractivity contribution in [1.82, 2.24) is 10.6 Å². The molecule has 2 heterocycles. The van der Waals surface area contributed by atoms with Gasteiger partial charge in [-0.2, -0.15) is 0 Å². The van der Waals surface area contributed by atoms with Crippen LogP contribution in [0.1, 0.15) is 104 Å². The Balaban J connectivity index is 1.34. The lowest BCUT2D eigenvalue weighted by Crippen LogP contribution is -2.49. The largest absolute Gasteiger partial charge is 0.481 e. The second-order valence-electron chi connectivity index (χ2n) is 18.9. The molecular weight excluding hydrogens is 916 g/mol. The zero-order valence-electron chi connectivity index (χ0n) is 39.3. The fourth-order valence-electron chi connectivity index (χ4n) is 8.74. The molecule has 2 amide bonds. The van der Waals surface area contributed by atoms with Crippen molar-refractivity contribution in [2.24, 2.45) is 4.99 Å². The number of unbranched alkanes of at least 4 members (excludes halogenated alkanes) is 2. The first-order valence-electron chi connectivity index (χ1n) is 23.1. The van der Waals surface area contributed by atoms with Crippen LogP contribution in [0.4, 0.5) is 11.4 Å². The normalized spacial score (nSPS) is 21.0. The Labute approximate surface area is 406 Å². The van der Waals surface area contributed by atoms with Gasteiger partial charge >= 0.3 is 5.97 Å². The van der Waals surface area contributed by atoms with Crippen molar-refractivity contribution in [2.75, 3.05) is 37.7 Å². The van der Waals surface area contributed by atoms with Crippen molar-refractivity contribution in [3.8, 4) is 0 Å². The predicted octanol–water partition coefficient (Wildman–Crippen LogP) is 1.87. The molecule has 2 aromatic rings. The van der Waals surface area contributed by atoms with Crippen molar-refractivity contribution in [2.45, 2.75) is 132 Å². The molecule has 1 aliphatic carbocycles. The maximum atomic E-state index is 13.3. The summed E-state index contributed by atoms with van der Waals surface area (Å²) in [5, 5.41) is 113. The van der Waals surface area contributed by atoms with E-state index >= 15 is 0 Å². The minimum Gasteiger partial charge on any atom is -0.481 e. The Morgan fingerprint density at radius 2 is 1.26 bits per heavy atom. The number of aliphatic imine (C=N–C) groups is 1. The molecule has 0 aromatic heterocycles. The third-order valence-electron chi connectivity index (χ3n) is 13.2. The number of carbonyl (C=O) groups is 3. The number of hydrogen-bond acceptors (Lipinski definition) is 15. The van der Waals surface area contributed by atoms with Crippen LogP contribution in [0.5, 0.6) is 0 Å². The van der Waals surface area contributed by atoms with Crippen LogP contribution in [0.25, 0.3) is 0 Å². The molecule has 0 saturated carbocycles. The van der Waals surface area contributed by atoms with Gasteiger partial charge < -0.3 is 71.7 Å². The van der Waals surface area contributed by atoms with Gasteiger partial charge in [-0.05, 0) is 103 Å². The number of benzene rings is 2. The average molecular weight is 984 g/mol. The first kappa shape index (κ1) is 55.1. The number of carbonyl (C=O) groups excluding carboxylic acids is 2. The fourth-order valence-corrected chi connectivity index (χ4v) is 9.06. The van der Waals surface area contributed by atoms with E-state index in [1.54, 1.807) is 30.3 Å². The van der Waals surface area contributed by atoms with Gasteiger partial charge in [0.05, 0.1) is 36.8 Å². The Bertz CT molecular complexity index is 2340. The minimum absolute atomic E-state index is 0.0658. The Kier molecular flexibility index (Phi) is 19.0. The van der Waals surface area contributed by atoms with Crippen molar-refractivity contribution in [1.29, 1.82) is 0 Å². The summed E-state index contributed by atoms with van der Waals surface area (Å²) >= 11 is 7.15. The van der Waals surface area contributed by atoms with Crippen LogP contribution >= 0.6 is 11.6 Å². The Hall–Kier alpha value is -4.83. The fraction of sp³-hybridized carbons (Fsp3) is 0.520. The number of halogens is 1. The maximum Gasteiger partial charge on any atom is 0.303 e. The van der Waals surface area contributed by atoms with Gasteiger partial charge in [-0.15, -0.1) is 0 Å². The van der Waals surface area contributed by atoms with Gasteiger partial charge in [-0.25, -0.2) is 0 Å². The van der Waals surface area contributed by atoms with E-state index in [1.807, 2.05) is 58.1 Å². The summed E-state index contributed by atoms with van der Waals surface area (Å²) in [5.74, 6) is -1.95. The molecule has 8 unspecified atom stereocenters. The zero-order valence-corrected chi connectivity index (χ0v) is 40.1. The number of aliphatic carboxylic acids is 1. The minimum atomic E-state index is -1.84.